The summed E-state index contributed by atoms with van der Waals surface area (Å²) < 4.78 is 0. The fraction of sp³-hybridized carbons (Fsp3) is 0.667. The molecule has 11 heteroatoms. The summed E-state index contributed by atoms with van der Waals surface area (Å²) in [6, 6.07) is 5.39. The molecule has 3 N–H and O–H groups in total. The number of carboxylic acid groups (broad SMARTS) is 3. The molecular formula is C18H25N5O6. The number of rotatable bonds is 11. The summed E-state index contributed by atoms with van der Waals surface area (Å²) in [7, 11) is 0. The second kappa shape index (κ2) is 13.6. The molecule has 158 valence electrons. The van der Waals surface area contributed by atoms with Gasteiger partial charge in [0.1, 0.15) is 5.92 Å². The minimum atomic E-state index is -1.35. The Balaban J connectivity index is 0. The summed E-state index contributed by atoms with van der Waals surface area (Å²) in [6.07, 6.45) is 0.616. The van der Waals surface area contributed by atoms with Crippen molar-refractivity contribution < 1.29 is 29.7 Å². The summed E-state index contributed by atoms with van der Waals surface area (Å²) in [4.78, 5) is 31.1. The lowest BCUT2D eigenvalue weighted by Gasteiger charge is -2.18. The molecule has 0 amide bonds. The number of nitriles is 3. The van der Waals surface area contributed by atoms with E-state index < -0.39 is 34.9 Å². The highest BCUT2D eigenvalue weighted by atomic mass is 16.4. The number of hydrogen-bond acceptors (Lipinski definition) is 8. The Hall–Kier alpha value is -3.52. The van der Waals surface area contributed by atoms with Crippen molar-refractivity contribution in [2.75, 3.05) is 0 Å². The Morgan fingerprint density at radius 1 is 0.897 bits per heavy atom. The fourth-order valence-electron chi connectivity index (χ4n) is 1.71. The van der Waals surface area contributed by atoms with Gasteiger partial charge in [0.25, 0.3) is 0 Å². The summed E-state index contributed by atoms with van der Waals surface area (Å²) in [6.45, 7) is 4.68. The quantitative estimate of drug-likeness (QED) is 0.429. The van der Waals surface area contributed by atoms with Gasteiger partial charge in [-0.05, 0) is 33.1 Å². The van der Waals surface area contributed by atoms with Crippen LogP contribution in [0.15, 0.2) is 10.2 Å². The van der Waals surface area contributed by atoms with Crippen molar-refractivity contribution in [3.8, 4) is 18.2 Å². The SMILES string of the molecule is CC(C#N)(CCC(=O)O)N=NC(C)(C#N)CCC(=O)O.CCCC(C#N)C(=O)O. The van der Waals surface area contributed by atoms with E-state index in [0.29, 0.717) is 6.42 Å². The number of carbonyl (C=O) groups is 3. The Labute approximate surface area is 168 Å². The van der Waals surface area contributed by atoms with E-state index in [-0.39, 0.29) is 25.7 Å². The summed E-state index contributed by atoms with van der Waals surface area (Å²) >= 11 is 0. The van der Waals surface area contributed by atoms with E-state index in [1.165, 1.54) is 13.8 Å². The molecular weight excluding hydrogens is 382 g/mol. The third kappa shape index (κ3) is 13.3. The zero-order chi connectivity index (χ0) is 23.1. The summed E-state index contributed by atoms with van der Waals surface area (Å²) in [5.41, 5.74) is -2.69. The average molecular weight is 407 g/mol. The zero-order valence-corrected chi connectivity index (χ0v) is 16.6. The van der Waals surface area contributed by atoms with Gasteiger partial charge in [0.05, 0.1) is 18.2 Å². The van der Waals surface area contributed by atoms with E-state index >= 15 is 0 Å². The van der Waals surface area contributed by atoms with Crippen LogP contribution >= 0.6 is 0 Å². The molecule has 0 saturated carbocycles. The van der Waals surface area contributed by atoms with Gasteiger partial charge in [-0.25, -0.2) is 0 Å². The highest BCUT2D eigenvalue weighted by Crippen LogP contribution is 2.23. The van der Waals surface area contributed by atoms with Gasteiger partial charge in [-0.1, -0.05) is 13.3 Å². The lowest BCUT2D eigenvalue weighted by molar-refractivity contribution is -0.140. The molecule has 0 saturated heterocycles. The first-order chi connectivity index (χ1) is 13.4. The lowest BCUT2D eigenvalue weighted by atomic mass is 9.97. The number of azo groups is 1. The molecule has 0 spiro atoms. The van der Waals surface area contributed by atoms with Gasteiger partial charge in [0.2, 0.25) is 0 Å². The number of carboxylic acids is 3. The topological polar surface area (TPSA) is 208 Å². The highest BCUT2D eigenvalue weighted by molar-refractivity contribution is 5.72. The van der Waals surface area contributed by atoms with Gasteiger partial charge in [-0.3, -0.25) is 14.4 Å². The van der Waals surface area contributed by atoms with Crippen LogP contribution in [0.5, 0.6) is 0 Å². The van der Waals surface area contributed by atoms with E-state index in [4.69, 9.17) is 31.1 Å². The van der Waals surface area contributed by atoms with Crippen molar-refractivity contribution in [1.82, 2.24) is 0 Å². The predicted octanol–water partition coefficient (Wildman–Crippen LogP) is 2.74. The highest BCUT2D eigenvalue weighted by Gasteiger charge is 2.29. The molecule has 0 aliphatic rings. The van der Waals surface area contributed by atoms with Crippen molar-refractivity contribution in [3.05, 3.63) is 0 Å². The van der Waals surface area contributed by atoms with Gasteiger partial charge < -0.3 is 15.3 Å². The molecule has 3 atom stereocenters. The smallest absolute Gasteiger partial charge is 0.320 e. The summed E-state index contributed by atoms with van der Waals surface area (Å²) in [5.74, 6) is -3.94. The van der Waals surface area contributed by atoms with Gasteiger partial charge in [0, 0.05) is 12.8 Å². The minimum Gasteiger partial charge on any atom is -0.481 e. The molecule has 11 nitrogen and oxygen atoms in total. The summed E-state index contributed by atoms with van der Waals surface area (Å²) in [5, 5.41) is 59.2. The minimum absolute atomic E-state index is 0.0389. The maximum absolute atomic E-state index is 10.5. The van der Waals surface area contributed by atoms with E-state index in [1.807, 2.05) is 19.1 Å². The first-order valence-electron chi connectivity index (χ1n) is 8.71. The van der Waals surface area contributed by atoms with Crippen LogP contribution in [0.4, 0.5) is 0 Å². The molecule has 0 bridgehead atoms. The molecule has 0 aromatic heterocycles. The second-order valence-corrected chi connectivity index (χ2v) is 6.57. The van der Waals surface area contributed by atoms with Gasteiger partial charge in [0.15, 0.2) is 11.1 Å². The normalized spacial score (nSPS) is 15.2. The van der Waals surface area contributed by atoms with E-state index in [0.717, 1.165) is 6.42 Å². The Kier molecular flexibility index (Phi) is 13.0. The number of hydrogen-bond donors (Lipinski definition) is 3. The van der Waals surface area contributed by atoms with Crippen LogP contribution in [0, 0.1) is 39.9 Å². The van der Waals surface area contributed by atoms with E-state index in [2.05, 4.69) is 10.2 Å². The molecule has 3 unspecified atom stereocenters. The molecule has 0 aromatic rings. The van der Waals surface area contributed by atoms with Crippen LogP contribution in [-0.4, -0.2) is 44.3 Å². The van der Waals surface area contributed by atoms with Gasteiger partial charge in [-0.2, -0.15) is 26.0 Å². The van der Waals surface area contributed by atoms with Gasteiger partial charge >= 0.3 is 17.9 Å². The van der Waals surface area contributed by atoms with Crippen LogP contribution in [0.25, 0.3) is 0 Å². The predicted molar refractivity (Wildman–Crippen MR) is 98.3 cm³/mol. The van der Waals surface area contributed by atoms with Crippen molar-refractivity contribution >= 4 is 17.9 Å². The standard InChI is InChI=1S/C12H16N4O4.C6H9NO2/c1-11(7-13,5-3-9(17)18)15-16-12(2,8-14)6-4-10(19)20;1-2-3-5(4-7)6(8)9/h3-6H2,1-2H3,(H,17,18)(H,19,20);5H,2-3H2,1H3,(H,8,9). The maximum atomic E-state index is 10.5. The molecule has 0 heterocycles. The van der Waals surface area contributed by atoms with Crippen LogP contribution in [0.3, 0.4) is 0 Å². The second-order valence-electron chi connectivity index (χ2n) is 6.57. The molecule has 0 aliphatic heterocycles. The average Bonchev–Trinajstić information content (AvgIpc) is 2.67. The molecule has 0 radical (unpaired) electrons. The Bertz CT molecular complexity index is 688. The monoisotopic (exact) mass is 407 g/mol. The Morgan fingerprint density at radius 3 is 1.45 bits per heavy atom. The molecule has 0 rings (SSSR count). The van der Waals surface area contributed by atoms with Crippen molar-refractivity contribution in [2.24, 2.45) is 16.1 Å². The molecule has 0 aliphatic carbocycles. The number of nitrogens with zero attached hydrogens (tertiary/aromatic N) is 5. The largest absolute Gasteiger partial charge is 0.481 e. The van der Waals surface area contributed by atoms with Crippen molar-refractivity contribution in [1.29, 1.82) is 15.8 Å². The maximum Gasteiger partial charge on any atom is 0.320 e. The zero-order valence-electron chi connectivity index (χ0n) is 16.6. The number of aliphatic carboxylic acids is 3. The Morgan fingerprint density at radius 2 is 1.28 bits per heavy atom. The third-order valence-electron chi connectivity index (χ3n) is 3.66. The van der Waals surface area contributed by atoms with E-state index in [9.17, 15) is 14.4 Å². The van der Waals surface area contributed by atoms with Crippen LogP contribution in [0.2, 0.25) is 0 Å². The fourth-order valence-corrected chi connectivity index (χ4v) is 1.71. The van der Waals surface area contributed by atoms with Crippen LogP contribution in [-0.2, 0) is 14.4 Å². The van der Waals surface area contributed by atoms with Crippen molar-refractivity contribution in [2.45, 2.75) is 70.4 Å². The third-order valence-corrected chi connectivity index (χ3v) is 3.66. The van der Waals surface area contributed by atoms with Crippen molar-refractivity contribution in [3.63, 3.8) is 0 Å². The lowest BCUT2D eigenvalue weighted by Crippen LogP contribution is -2.25. The molecule has 0 aromatic carbocycles. The first-order valence-corrected chi connectivity index (χ1v) is 8.71. The molecule has 29 heavy (non-hydrogen) atoms. The first kappa shape index (κ1) is 27.7. The van der Waals surface area contributed by atoms with Crippen LogP contribution in [0.1, 0.15) is 59.3 Å². The van der Waals surface area contributed by atoms with Gasteiger partial charge in [-0.15, -0.1) is 0 Å². The van der Waals surface area contributed by atoms with E-state index in [1.54, 1.807) is 6.07 Å². The molecule has 0 fully saturated rings. The van der Waals surface area contributed by atoms with Crippen LogP contribution < -0.4 is 0 Å².